The molecule has 0 atom stereocenters. The highest BCUT2D eigenvalue weighted by molar-refractivity contribution is 9.10. The van der Waals surface area contributed by atoms with Gasteiger partial charge in [0.2, 0.25) is 0 Å². The first kappa shape index (κ1) is 13.6. The van der Waals surface area contributed by atoms with Crippen molar-refractivity contribution in [2.24, 2.45) is 0 Å². The van der Waals surface area contributed by atoms with Crippen LogP contribution in [0.3, 0.4) is 0 Å². The van der Waals surface area contributed by atoms with E-state index in [1.165, 1.54) is 12.3 Å². The molecule has 0 N–H and O–H groups in total. The maximum atomic E-state index is 12.3. The normalized spacial score (nSPS) is 10.8. The monoisotopic (exact) mass is 359 g/mol. The second kappa shape index (κ2) is 6.34. The number of carbonyl (C=O) groups excluding carboxylic acids is 1. The van der Waals surface area contributed by atoms with Gasteiger partial charge in [0, 0.05) is 11.9 Å². The molecule has 7 heteroatoms. The molecule has 0 spiro atoms. The first-order valence-electron chi connectivity index (χ1n) is 4.42. The number of alkyl halides is 3. The van der Waals surface area contributed by atoms with Crippen molar-refractivity contribution < 1.29 is 18.0 Å². The number of carbonyl (C=O) groups is 1. The molecule has 1 aromatic rings. The molecule has 1 heterocycles. The summed E-state index contributed by atoms with van der Waals surface area (Å²) in [6.45, 7) is -0.358. The predicted molar refractivity (Wildman–Crippen MR) is 62.1 cm³/mol. The Morgan fingerprint density at radius 1 is 1.56 bits per heavy atom. The molecule has 0 saturated heterocycles. The second-order valence-electron chi connectivity index (χ2n) is 2.94. The van der Waals surface area contributed by atoms with Gasteiger partial charge in [0.15, 0.2) is 4.67 Å². The first-order chi connectivity index (χ1) is 7.56. The maximum Gasteiger partial charge on any atom is 0.258 e. The van der Waals surface area contributed by atoms with Crippen molar-refractivity contribution in [2.45, 2.75) is 6.43 Å². The Bertz CT molecular complexity index is 357. The molecular weight excluding hydrogens is 352 g/mol. The van der Waals surface area contributed by atoms with Crippen LogP contribution in [0.1, 0.15) is 10.4 Å². The van der Waals surface area contributed by atoms with Crippen molar-refractivity contribution >= 4 is 37.8 Å². The van der Waals surface area contributed by atoms with Gasteiger partial charge in [-0.25, -0.2) is 8.78 Å². The van der Waals surface area contributed by atoms with Gasteiger partial charge < -0.3 is 9.32 Å². The van der Waals surface area contributed by atoms with E-state index in [2.05, 4.69) is 31.9 Å². The van der Waals surface area contributed by atoms with Crippen LogP contribution < -0.4 is 0 Å². The van der Waals surface area contributed by atoms with E-state index in [1.807, 2.05) is 0 Å². The standard InChI is InChI=1S/C9H9Br2F2NO2/c10-2-3-14(5-7(12)13)9(15)6-1-4-16-8(6)11/h1,4,7H,2-3,5H2. The fourth-order valence-corrected chi connectivity index (χ4v) is 2.00. The number of hydrogen-bond donors (Lipinski definition) is 0. The number of halogens is 4. The zero-order valence-electron chi connectivity index (χ0n) is 8.13. The van der Waals surface area contributed by atoms with E-state index in [0.29, 0.717) is 5.33 Å². The first-order valence-corrected chi connectivity index (χ1v) is 6.34. The third kappa shape index (κ3) is 3.55. The average Bonchev–Trinajstić information content (AvgIpc) is 2.62. The number of amides is 1. The van der Waals surface area contributed by atoms with Gasteiger partial charge in [0.1, 0.15) is 0 Å². The third-order valence-electron chi connectivity index (χ3n) is 1.85. The average molecular weight is 361 g/mol. The largest absolute Gasteiger partial charge is 0.457 e. The molecule has 3 nitrogen and oxygen atoms in total. The van der Waals surface area contributed by atoms with Crippen molar-refractivity contribution in [3.63, 3.8) is 0 Å². The third-order valence-corrected chi connectivity index (χ3v) is 2.82. The Kier molecular flexibility index (Phi) is 5.40. The highest BCUT2D eigenvalue weighted by atomic mass is 79.9. The maximum absolute atomic E-state index is 12.3. The van der Waals surface area contributed by atoms with Gasteiger partial charge in [-0.05, 0) is 22.0 Å². The number of furan rings is 1. The summed E-state index contributed by atoms with van der Waals surface area (Å²) in [6, 6.07) is 1.44. The van der Waals surface area contributed by atoms with Crippen molar-refractivity contribution in [3.05, 3.63) is 22.6 Å². The van der Waals surface area contributed by atoms with Gasteiger partial charge in [-0.1, -0.05) is 15.9 Å². The van der Waals surface area contributed by atoms with Crippen molar-refractivity contribution in [3.8, 4) is 0 Å². The van der Waals surface area contributed by atoms with Crippen LogP contribution in [0.4, 0.5) is 8.78 Å². The molecule has 0 aliphatic rings. The van der Waals surface area contributed by atoms with Gasteiger partial charge in [0.25, 0.3) is 12.3 Å². The Hall–Kier alpha value is -0.430. The molecule has 0 fully saturated rings. The SMILES string of the molecule is O=C(c1ccoc1Br)N(CCBr)CC(F)F. The summed E-state index contributed by atoms with van der Waals surface area (Å²) in [7, 11) is 0. The summed E-state index contributed by atoms with van der Waals surface area (Å²) in [5, 5.41) is 0.445. The Morgan fingerprint density at radius 3 is 2.69 bits per heavy atom. The lowest BCUT2D eigenvalue weighted by Crippen LogP contribution is -2.36. The fraction of sp³-hybridized carbons (Fsp3) is 0.444. The summed E-state index contributed by atoms with van der Waals surface area (Å²) in [6.07, 6.45) is -1.22. The van der Waals surface area contributed by atoms with Gasteiger partial charge >= 0.3 is 0 Å². The molecule has 0 radical (unpaired) electrons. The Labute approximate surface area is 108 Å². The summed E-state index contributed by atoms with van der Waals surface area (Å²) in [4.78, 5) is 12.9. The molecule has 90 valence electrons. The van der Waals surface area contributed by atoms with Crippen LogP contribution in [0.2, 0.25) is 0 Å². The van der Waals surface area contributed by atoms with Crippen LogP contribution in [0.25, 0.3) is 0 Å². The smallest absolute Gasteiger partial charge is 0.258 e. The van der Waals surface area contributed by atoms with Crippen LogP contribution >= 0.6 is 31.9 Å². The zero-order chi connectivity index (χ0) is 12.1. The molecule has 0 unspecified atom stereocenters. The summed E-state index contributed by atoms with van der Waals surface area (Å²) < 4.78 is 29.7. The van der Waals surface area contributed by atoms with E-state index in [4.69, 9.17) is 4.42 Å². The minimum absolute atomic E-state index is 0.223. The van der Waals surface area contributed by atoms with E-state index in [9.17, 15) is 13.6 Å². The second-order valence-corrected chi connectivity index (χ2v) is 4.45. The molecule has 0 aromatic carbocycles. The Morgan fingerprint density at radius 2 is 2.25 bits per heavy atom. The molecule has 1 rings (SSSR count). The van der Waals surface area contributed by atoms with Crippen LogP contribution in [-0.4, -0.2) is 35.7 Å². The zero-order valence-corrected chi connectivity index (χ0v) is 11.3. The lowest BCUT2D eigenvalue weighted by Gasteiger charge is -2.20. The van der Waals surface area contributed by atoms with Crippen LogP contribution in [0, 0.1) is 0 Å². The van der Waals surface area contributed by atoms with Crippen molar-refractivity contribution in [1.82, 2.24) is 4.90 Å². The molecule has 0 aliphatic carbocycles. The van der Waals surface area contributed by atoms with Crippen LogP contribution in [-0.2, 0) is 0 Å². The van der Waals surface area contributed by atoms with E-state index < -0.39 is 18.9 Å². The van der Waals surface area contributed by atoms with Gasteiger partial charge in [-0.2, -0.15) is 0 Å². The van der Waals surface area contributed by atoms with Gasteiger partial charge in [-0.15, -0.1) is 0 Å². The summed E-state index contributed by atoms with van der Waals surface area (Å²) in [5.74, 6) is -0.472. The minimum Gasteiger partial charge on any atom is -0.457 e. The van der Waals surface area contributed by atoms with E-state index in [-0.39, 0.29) is 16.8 Å². The molecule has 0 saturated carbocycles. The quantitative estimate of drug-likeness (QED) is 0.756. The summed E-state index contributed by atoms with van der Waals surface area (Å²) >= 11 is 6.16. The highest BCUT2D eigenvalue weighted by Crippen LogP contribution is 2.19. The molecule has 16 heavy (non-hydrogen) atoms. The number of nitrogens with zero attached hydrogens (tertiary/aromatic N) is 1. The van der Waals surface area contributed by atoms with Crippen LogP contribution in [0.15, 0.2) is 21.4 Å². The topological polar surface area (TPSA) is 33.5 Å². The fourth-order valence-electron chi connectivity index (χ4n) is 1.16. The van der Waals surface area contributed by atoms with E-state index >= 15 is 0 Å². The highest BCUT2D eigenvalue weighted by Gasteiger charge is 2.22. The lowest BCUT2D eigenvalue weighted by atomic mass is 10.3. The minimum atomic E-state index is -2.55. The van der Waals surface area contributed by atoms with Crippen molar-refractivity contribution in [2.75, 3.05) is 18.4 Å². The molecule has 0 aliphatic heterocycles. The molecule has 1 aromatic heterocycles. The van der Waals surface area contributed by atoms with Crippen molar-refractivity contribution in [1.29, 1.82) is 0 Å². The molecule has 0 bridgehead atoms. The van der Waals surface area contributed by atoms with Gasteiger partial charge in [-0.3, -0.25) is 4.79 Å². The molecular formula is C9H9Br2F2NO2. The number of rotatable bonds is 5. The predicted octanol–water partition coefficient (Wildman–Crippen LogP) is 3.14. The molecule has 1 amide bonds. The summed E-state index contributed by atoms with van der Waals surface area (Å²) in [5.41, 5.74) is 0.251. The van der Waals surface area contributed by atoms with Gasteiger partial charge in [0.05, 0.1) is 18.4 Å². The number of hydrogen-bond acceptors (Lipinski definition) is 2. The Balaban J connectivity index is 2.78. The lowest BCUT2D eigenvalue weighted by molar-refractivity contribution is 0.0571. The van der Waals surface area contributed by atoms with E-state index in [0.717, 1.165) is 4.90 Å². The van der Waals surface area contributed by atoms with Crippen LogP contribution in [0.5, 0.6) is 0 Å². The van der Waals surface area contributed by atoms with E-state index in [1.54, 1.807) is 0 Å².